The number of hydrogen-bond donors (Lipinski definition) is 2. The molecule has 4 nitrogen and oxygen atoms in total. The molecule has 0 bridgehead atoms. The molecule has 0 aliphatic carbocycles. The van der Waals surface area contributed by atoms with Crippen molar-refractivity contribution in [2.45, 2.75) is 38.7 Å². The first-order chi connectivity index (χ1) is 9.49. The van der Waals surface area contributed by atoms with Gasteiger partial charge in [-0.3, -0.25) is 4.79 Å². The van der Waals surface area contributed by atoms with Crippen molar-refractivity contribution in [3.8, 4) is 0 Å². The van der Waals surface area contributed by atoms with Crippen LogP contribution in [-0.4, -0.2) is 59.2 Å². The van der Waals surface area contributed by atoms with E-state index in [0.29, 0.717) is 31.2 Å². The van der Waals surface area contributed by atoms with Crippen molar-refractivity contribution in [3.05, 3.63) is 0 Å². The van der Waals surface area contributed by atoms with Crippen LogP contribution in [0.15, 0.2) is 0 Å². The Bertz CT molecular complexity index is 330. The summed E-state index contributed by atoms with van der Waals surface area (Å²) in [4.78, 5) is 14.6. The number of nitrogens with zero attached hydrogens (tertiary/aromatic N) is 1. The standard InChI is InChI=1S/C15H28N2O2S/c1-12(2)10-17-6-3-13(11-17)9-16-14(18)15(19)4-7-20-8-5-15/h12-13,19H,3-11H2,1-2H3,(H,16,18). The van der Waals surface area contributed by atoms with Gasteiger partial charge in [-0.2, -0.15) is 11.8 Å². The number of amides is 1. The Hall–Kier alpha value is -0.260. The largest absolute Gasteiger partial charge is 0.380 e. The van der Waals surface area contributed by atoms with Gasteiger partial charge in [-0.1, -0.05) is 13.8 Å². The van der Waals surface area contributed by atoms with E-state index in [2.05, 4.69) is 24.1 Å². The number of aliphatic hydroxyl groups is 1. The van der Waals surface area contributed by atoms with Crippen LogP contribution in [0.1, 0.15) is 33.1 Å². The van der Waals surface area contributed by atoms with Crippen LogP contribution < -0.4 is 5.32 Å². The Balaban J connectivity index is 1.71. The molecular formula is C15H28N2O2S. The minimum absolute atomic E-state index is 0.153. The summed E-state index contributed by atoms with van der Waals surface area (Å²) in [6, 6.07) is 0. The molecule has 0 aromatic carbocycles. The molecule has 1 atom stereocenters. The molecule has 0 saturated carbocycles. The topological polar surface area (TPSA) is 52.6 Å². The summed E-state index contributed by atoms with van der Waals surface area (Å²) in [6.45, 7) is 8.55. The molecule has 0 spiro atoms. The monoisotopic (exact) mass is 300 g/mol. The maximum atomic E-state index is 12.2. The maximum Gasteiger partial charge on any atom is 0.252 e. The van der Waals surface area contributed by atoms with Gasteiger partial charge in [0.2, 0.25) is 0 Å². The fraction of sp³-hybridized carbons (Fsp3) is 0.933. The number of carbonyl (C=O) groups is 1. The van der Waals surface area contributed by atoms with Gasteiger partial charge in [0.1, 0.15) is 5.60 Å². The quantitative estimate of drug-likeness (QED) is 0.804. The van der Waals surface area contributed by atoms with Gasteiger partial charge in [0, 0.05) is 19.6 Å². The Morgan fingerprint density at radius 2 is 2.15 bits per heavy atom. The van der Waals surface area contributed by atoms with E-state index >= 15 is 0 Å². The van der Waals surface area contributed by atoms with Crippen LogP contribution in [0, 0.1) is 11.8 Å². The minimum Gasteiger partial charge on any atom is -0.380 e. The second-order valence-corrected chi connectivity index (χ2v) is 7.89. The Kier molecular flexibility index (Phi) is 5.75. The van der Waals surface area contributed by atoms with Crippen molar-refractivity contribution >= 4 is 17.7 Å². The lowest BCUT2D eigenvalue weighted by molar-refractivity contribution is -0.140. The lowest BCUT2D eigenvalue weighted by atomic mass is 9.95. The second kappa shape index (κ2) is 7.14. The number of hydrogen-bond acceptors (Lipinski definition) is 4. The molecule has 1 amide bonds. The molecule has 2 aliphatic heterocycles. The van der Waals surface area contributed by atoms with Crippen LogP contribution in [0.3, 0.4) is 0 Å². The van der Waals surface area contributed by atoms with E-state index in [1.807, 2.05) is 11.8 Å². The Labute approximate surface area is 126 Å². The normalized spacial score (nSPS) is 26.9. The van der Waals surface area contributed by atoms with Gasteiger partial charge in [0.25, 0.3) is 5.91 Å². The average molecular weight is 300 g/mol. The SMILES string of the molecule is CC(C)CN1CCC(CNC(=O)C2(O)CCSCC2)C1. The Morgan fingerprint density at radius 3 is 2.80 bits per heavy atom. The van der Waals surface area contributed by atoms with Crippen LogP contribution in [0.5, 0.6) is 0 Å². The molecule has 0 aromatic rings. The summed E-state index contributed by atoms with van der Waals surface area (Å²) in [5, 5.41) is 13.3. The van der Waals surface area contributed by atoms with E-state index < -0.39 is 5.60 Å². The minimum atomic E-state index is -1.11. The molecule has 0 aromatic heterocycles. The van der Waals surface area contributed by atoms with Crippen molar-refractivity contribution in [2.24, 2.45) is 11.8 Å². The average Bonchev–Trinajstić information content (AvgIpc) is 2.83. The van der Waals surface area contributed by atoms with Crippen LogP contribution in [-0.2, 0) is 4.79 Å². The summed E-state index contributed by atoms with van der Waals surface area (Å²) in [6.07, 6.45) is 2.34. The third kappa shape index (κ3) is 4.37. The fourth-order valence-electron chi connectivity index (χ4n) is 3.10. The summed E-state index contributed by atoms with van der Waals surface area (Å²) >= 11 is 1.82. The van der Waals surface area contributed by atoms with Gasteiger partial charge in [-0.05, 0) is 49.1 Å². The first-order valence-electron chi connectivity index (χ1n) is 7.80. The highest BCUT2D eigenvalue weighted by atomic mass is 32.2. The lowest BCUT2D eigenvalue weighted by Gasteiger charge is -2.30. The smallest absolute Gasteiger partial charge is 0.252 e. The van der Waals surface area contributed by atoms with Gasteiger partial charge in [-0.15, -0.1) is 0 Å². The summed E-state index contributed by atoms with van der Waals surface area (Å²) in [7, 11) is 0. The third-order valence-corrected chi connectivity index (χ3v) is 5.27. The van der Waals surface area contributed by atoms with Gasteiger partial charge in [0.05, 0.1) is 0 Å². The summed E-state index contributed by atoms with van der Waals surface area (Å²) < 4.78 is 0. The summed E-state index contributed by atoms with van der Waals surface area (Å²) in [5.41, 5.74) is -1.11. The molecule has 20 heavy (non-hydrogen) atoms. The fourth-order valence-corrected chi connectivity index (χ4v) is 4.27. The maximum absolute atomic E-state index is 12.2. The summed E-state index contributed by atoms with van der Waals surface area (Å²) in [5.74, 6) is 2.86. The zero-order valence-corrected chi connectivity index (χ0v) is 13.5. The molecule has 2 N–H and O–H groups in total. The van der Waals surface area contributed by atoms with E-state index in [1.165, 1.54) is 0 Å². The first kappa shape index (κ1) is 16.1. The Morgan fingerprint density at radius 1 is 1.45 bits per heavy atom. The van der Waals surface area contributed by atoms with E-state index in [9.17, 15) is 9.90 Å². The second-order valence-electron chi connectivity index (χ2n) is 6.66. The molecule has 2 aliphatic rings. The molecule has 116 valence electrons. The predicted octanol–water partition coefficient (Wildman–Crippen LogP) is 1.34. The van der Waals surface area contributed by atoms with Crippen LogP contribution >= 0.6 is 11.8 Å². The van der Waals surface area contributed by atoms with Crippen molar-refractivity contribution in [1.29, 1.82) is 0 Å². The van der Waals surface area contributed by atoms with Crippen molar-refractivity contribution in [1.82, 2.24) is 10.2 Å². The van der Waals surface area contributed by atoms with E-state index in [4.69, 9.17) is 0 Å². The van der Waals surface area contributed by atoms with E-state index in [0.717, 1.165) is 37.6 Å². The third-order valence-electron chi connectivity index (χ3n) is 4.29. The molecule has 2 rings (SSSR count). The first-order valence-corrected chi connectivity index (χ1v) is 8.96. The number of rotatable bonds is 5. The highest BCUT2D eigenvalue weighted by Gasteiger charge is 2.37. The van der Waals surface area contributed by atoms with Gasteiger partial charge in [-0.25, -0.2) is 0 Å². The zero-order chi connectivity index (χ0) is 14.6. The van der Waals surface area contributed by atoms with Crippen LogP contribution in [0.2, 0.25) is 0 Å². The van der Waals surface area contributed by atoms with E-state index in [-0.39, 0.29) is 5.91 Å². The molecule has 0 radical (unpaired) electrons. The molecule has 2 saturated heterocycles. The van der Waals surface area contributed by atoms with E-state index in [1.54, 1.807) is 0 Å². The zero-order valence-electron chi connectivity index (χ0n) is 12.7. The van der Waals surface area contributed by atoms with Crippen LogP contribution in [0.25, 0.3) is 0 Å². The highest BCUT2D eigenvalue weighted by molar-refractivity contribution is 7.99. The number of nitrogens with one attached hydrogen (secondary N) is 1. The molecule has 2 fully saturated rings. The molecule has 2 heterocycles. The molecular weight excluding hydrogens is 272 g/mol. The van der Waals surface area contributed by atoms with Crippen LogP contribution in [0.4, 0.5) is 0 Å². The van der Waals surface area contributed by atoms with Crippen molar-refractivity contribution in [2.75, 3.05) is 37.7 Å². The molecule has 1 unspecified atom stereocenters. The number of thioether (sulfide) groups is 1. The number of carbonyl (C=O) groups excluding carboxylic acids is 1. The van der Waals surface area contributed by atoms with Crippen molar-refractivity contribution < 1.29 is 9.90 Å². The van der Waals surface area contributed by atoms with Crippen molar-refractivity contribution in [3.63, 3.8) is 0 Å². The molecule has 5 heteroatoms. The lowest BCUT2D eigenvalue weighted by Crippen LogP contribution is -2.50. The van der Waals surface area contributed by atoms with Gasteiger partial charge in [0.15, 0.2) is 0 Å². The predicted molar refractivity (Wildman–Crippen MR) is 83.9 cm³/mol. The van der Waals surface area contributed by atoms with Gasteiger partial charge >= 0.3 is 0 Å². The van der Waals surface area contributed by atoms with Gasteiger partial charge < -0.3 is 15.3 Å². The highest BCUT2D eigenvalue weighted by Crippen LogP contribution is 2.27. The number of likely N-dealkylation sites (tertiary alicyclic amines) is 1.